The molecule has 1 aromatic carbocycles. The molecule has 0 unspecified atom stereocenters. The summed E-state index contributed by atoms with van der Waals surface area (Å²) in [7, 11) is 0. The van der Waals surface area contributed by atoms with Crippen LogP contribution in [0.25, 0.3) is 0 Å². The average molecular weight is 265 g/mol. The smallest absolute Gasteiger partial charge is 0.257 e. The van der Waals surface area contributed by atoms with E-state index in [1.54, 1.807) is 6.07 Å². The first-order valence-corrected chi connectivity index (χ1v) is 7.53. The van der Waals surface area contributed by atoms with Crippen LogP contribution in [0.4, 0.5) is 0 Å². The van der Waals surface area contributed by atoms with Crippen LogP contribution >= 0.6 is 11.8 Å². The number of amides is 1. The highest BCUT2D eigenvalue weighted by Gasteiger charge is 2.24. The number of benzene rings is 1. The maximum atomic E-state index is 12.3. The summed E-state index contributed by atoms with van der Waals surface area (Å²) in [6.45, 7) is 3.39. The van der Waals surface area contributed by atoms with Crippen molar-refractivity contribution < 1.29 is 9.90 Å². The summed E-state index contributed by atoms with van der Waals surface area (Å²) >= 11 is 1.87. The number of nitrogens with zero attached hydrogens (tertiary/aromatic N) is 1. The molecule has 4 heteroatoms. The van der Waals surface area contributed by atoms with E-state index in [-0.39, 0.29) is 11.7 Å². The van der Waals surface area contributed by atoms with Crippen molar-refractivity contribution in [1.29, 1.82) is 0 Å². The zero-order chi connectivity index (χ0) is 13.1. The molecule has 98 valence electrons. The Morgan fingerprint density at radius 1 is 1.39 bits per heavy atom. The van der Waals surface area contributed by atoms with Crippen molar-refractivity contribution in [1.82, 2.24) is 4.90 Å². The number of carbonyl (C=O) groups excluding carboxylic acids is 1. The van der Waals surface area contributed by atoms with E-state index >= 15 is 0 Å². The van der Waals surface area contributed by atoms with Crippen molar-refractivity contribution in [2.75, 3.05) is 19.3 Å². The Balaban J connectivity index is 2.10. The second kappa shape index (κ2) is 5.65. The lowest BCUT2D eigenvalue weighted by molar-refractivity contribution is 0.0724. The molecular formula is C14H19NO2S. The number of hydrogen-bond donors (Lipinski definition) is 1. The first-order valence-electron chi connectivity index (χ1n) is 6.24. The maximum absolute atomic E-state index is 12.3. The summed E-state index contributed by atoms with van der Waals surface area (Å²) < 4.78 is 0. The number of piperidine rings is 1. The van der Waals surface area contributed by atoms with E-state index in [1.807, 2.05) is 35.7 Å². The third-order valence-electron chi connectivity index (χ3n) is 3.53. The van der Waals surface area contributed by atoms with Crippen LogP contribution in [0.2, 0.25) is 0 Å². The largest absolute Gasteiger partial charge is 0.507 e. The molecule has 3 nitrogen and oxygen atoms in total. The van der Waals surface area contributed by atoms with E-state index < -0.39 is 0 Å². The van der Waals surface area contributed by atoms with Crippen molar-refractivity contribution in [3.8, 4) is 5.75 Å². The lowest BCUT2D eigenvalue weighted by Gasteiger charge is -2.31. The highest BCUT2D eigenvalue weighted by molar-refractivity contribution is 7.99. The molecule has 2 rings (SSSR count). The van der Waals surface area contributed by atoms with Crippen LogP contribution in [0.1, 0.15) is 28.8 Å². The Morgan fingerprint density at radius 2 is 2.06 bits per heavy atom. The molecule has 0 radical (unpaired) electrons. The number of rotatable bonds is 2. The molecule has 0 saturated carbocycles. The monoisotopic (exact) mass is 265 g/mol. The van der Waals surface area contributed by atoms with Gasteiger partial charge in [0.1, 0.15) is 5.75 Å². The molecule has 1 N–H and O–H groups in total. The zero-order valence-corrected chi connectivity index (χ0v) is 11.7. The summed E-state index contributed by atoms with van der Waals surface area (Å²) in [5.41, 5.74) is 1.18. The van der Waals surface area contributed by atoms with Crippen LogP contribution in [0, 0.1) is 6.92 Å². The lowest BCUT2D eigenvalue weighted by Crippen LogP contribution is -2.39. The molecule has 18 heavy (non-hydrogen) atoms. The van der Waals surface area contributed by atoms with E-state index in [4.69, 9.17) is 0 Å². The van der Waals surface area contributed by atoms with Crippen LogP contribution < -0.4 is 0 Å². The maximum Gasteiger partial charge on any atom is 0.257 e. The number of carbonyl (C=O) groups is 1. The van der Waals surface area contributed by atoms with Crippen LogP contribution in [0.5, 0.6) is 5.75 Å². The molecule has 1 aromatic rings. The normalized spacial score (nSPS) is 16.9. The molecule has 1 amide bonds. The second-order valence-electron chi connectivity index (χ2n) is 4.70. The second-order valence-corrected chi connectivity index (χ2v) is 5.84. The summed E-state index contributed by atoms with van der Waals surface area (Å²) in [4.78, 5) is 14.2. The molecular weight excluding hydrogens is 246 g/mol. The fourth-order valence-electron chi connectivity index (χ4n) is 2.30. The summed E-state index contributed by atoms with van der Waals surface area (Å²) in [6.07, 6.45) is 4.20. The molecule has 1 heterocycles. The fraction of sp³-hybridized carbons (Fsp3) is 0.500. The summed E-state index contributed by atoms with van der Waals surface area (Å²) in [6, 6.07) is 5.33. The Morgan fingerprint density at radius 3 is 2.67 bits per heavy atom. The van der Waals surface area contributed by atoms with Crippen molar-refractivity contribution in [3.63, 3.8) is 0 Å². The first kappa shape index (κ1) is 13.3. The highest BCUT2D eigenvalue weighted by Crippen LogP contribution is 2.26. The van der Waals surface area contributed by atoms with Gasteiger partial charge in [-0.15, -0.1) is 0 Å². The first-order chi connectivity index (χ1) is 8.63. The van der Waals surface area contributed by atoms with E-state index in [1.165, 1.54) is 0 Å². The van der Waals surface area contributed by atoms with Gasteiger partial charge in [0.05, 0.1) is 5.56 Å². The van der Waals surface area contributed by atoms with Gasteiger partial charge in [0, 0.05) is 18.3 Å². The van der Waals surface area contributed by atoms with Gasteiger partial charge in [-0.2, -0.15) is 11.8 Å². The van der Waals surface area contributed by atoms with Gasteiger partial charge in [-0.05, 0) is 37.7 Å². The summed E-state index contributed by atoms with van der Waals surface area (Å²) in [5, 5.41) is 10.6. The molecule has 0 aliphatic carbocycles. The van der Waals surface area contributed by atoms with Crippen molar-refractivity contribution in [2.45, 2.75) is 25.0 Å². The van der Waals surface area contributed by atoms with Gasteiger partial charge in [-0.25, -0.2) is 0 Å². The highest BCUT2D eigenvalue weighted by atomic mass is 32.2. The predicted octanol–water partition coefficient (Wildman–Crippen LogP) is 2.67. The Labute approximate surface area is 112 Å². The van der Waals surface area contributed by atoms with Gasteiger partial charge < -0.3 is 10.0 Å². The Kier molecular flexibility index (Phi) is 4.17. The molecule has 0 atom stereocenters. The van der Waals surface area contributed by atoms with Crippen LogP contribution in [0.15, 0.2) is 18.2 Å². The minimum absolute atomic E-state index is 0.0456. The molecule has 0 spiro atoms. The topological polar surface area (TPSA) is 40.5 Å². The molecule has 1 fully saturated rings. The van der Waals surface area contributed by atoms with E-state index in [0.717, 1.165) is 31.5 Å². The number of aryl methyl sites for hydroxylation is 1. The van der Waals surface area contributed by atoms with Crippen LogP contribution in [-0.2, 0) is 0 Å². The van der Waals surface area contributed by atoms with Crippen molar-refractivity contribution in [2.24, 2.45) is 0 Å². The van der Waals surface area contributed by atoms with Gasteiger partial charge in [-0.1, -0.05) is 12.1 Å². The third-order valence-corrected chi connectivity index (χ3v) is 4.67. The Hall–Kier alpha value is -1.16. The van der Waals surface area contributed by atoms with E-state index in [9.17, 15) is 9.90 Å². The van der Waals surface area contributed by atoms with Crippen molar-refractivity contribution >= 4 is 17.7 Å². The standard InChI is InChI=1S/C14H19NO2S/c1-10-4-3-5-12(13(10)16)14(17)15-8-6-11(18-2)7-9-15/h3-5,11,16H,6-9H2,1-2H3. The average Bonchev–Trinajstić information content (AvgIpc) is 2.41. The van der Waals surface area contributed by atoms with Gasteiger partial charge in [0.15, 0.2) is 0 Å². The number of phenolic OH excluding ortho intramolecular Hbond substituents is 1. The minimum Gasteiger partial charge on any atom is -0.507 e. The number of hydrogen-bond acceptors (Lipinski definition) is 3. The quantitative estimate of drug-likeness (QED) is 0.893. The lowest BCUT2D eigenvalue weighted by atomic mass is 10.1. The SMILES string of the molecule is CSC1CCN(C(=O)c2cccc(C)c2O)CC1. The van der Waals surface area contributed by atoms with Gasteiger partial charge in [0.2, 0.25) is 0 Å². The number of aromatic hydroxyl groups is 1. The van der Waals surface area contributed by atoms with Crippen molar-refractivity contribution in [3.05, 3.63) is 29.3 Å². The third kappa shape index (κ3) is 2.64. The molecule has 1 aliphatic heterocycles. The minimum atomic E-state index is -0.0456. The van der Waals surface area contributed by atoms with Gasteiger partial charge in [0.25, 0.3) is 5.91 Å². The van der Waals surface area contributed by atoms with E-state index in [2.05, 4.69) is 6.26 Å². The molecule has 1 saturated heterocycles. The Bertz CT molecular complexity index is 439. The van der Waals surface area contributed by atoms with Gasteiger partial charge in [-0.3, -0.25) is 4.79 Å². The predicted molar refractivity (Wildman–Crippen MR) is 75.3 cm³/mol. The molecule has 0 aromatic heterocycles. The number of likely N-dealkylation sites (tertiary alicyclic amines) is 1. The van der Waals surface area contributed by atoms with Crippen LogP contribution in [0.3, 0.4) is 0 Å². The van der Waals surface area contributed by atoms with E-state index in [0.29, 0.717) is 10.8 Å². The van der Waals surface area contributed by atoms with Crippen LogP contribution in [-0.4, -0.2) is 40.5 Å². The molecule has 1 aliphatic rings. The number of thioether (sulfide) groups is 1. The fourth-order valence-corrected chi connectivity index (χ4v) is 2.98. The van der Waals surface area contributed by atoms with Gasteiger partial charge >= 0.3 is 0 Å². The number of para-hydroxylation sites is 1. The molecule has 0 bridgehead atoms. The zero-order valence-electron chi connectivity index (χ0n) is 10.8. The summed E-state index contributed by atoms with van der Waals surface area (Å²) in [5.74, 6) is 0.0743. The number of phenols is 1.